The lowest BCUT2D eigenvalue weighted by molar-refractivity contribution is 0.0233. The van der Waals surface area contributed by atoms with E-state index in [0.29, 0.717) is 12.8 Å². The maximum Gasteiger partial charge on any atom is 0.408 e. The van der Waals surface area contributed by atoms with E-state index in [2.05, 4.69) is 5.32 Å². The number of amides is 1. The predicted molar refractivity (Wildman–Crippen MR) is 66.8 cm³/mol. The number of aliphatic hydroxyl groups excluding tert-OH is 1. The Kier molecular flexibility index (Phi) is 4.58. The first-order valence-corrected chi connectivity index (χ1v) is 6.35. The summed E-state index contributed by atoms with van der Waals surface area (Å²) >= 11 is 0. The number of rotatable bonds is 3. The quantitative estimate of drug-likeness (QED) is 0.808. The molecule has 0 spiro atoms. The summed E-state index contributed by atoms with van der Waals surface area (Å²) < 4.78 is 5.21. The van der Waals surface area contributed by atoms with Gasteiger partial charge in [-0.3, -0.25) is 0 Å². The lowest BCUT2D eigenvalue weighted by atomic mass is 9.89. The van der Waals surface area contributed by atoms with Crippen LogP contribution in [0.25, 0.3) is 0 Å². The second-order valence-electron chi connectivity index (χ2n) is 5.87. The molecule has 5 heteroatoms. The van der Waals surface area contributed by atoms with Crippen molar-refractivity contribution in [1.29, 1.82) is 5.26 Å². The number of nitrogens with zero attached hydrogens (tertiary/aromatic N) is 1. The van der Waals surface area contributed by atoms with Gasteiger partial charge in [0.2, 0.25) is 0 Å². The minimum atomic E-state index is -0.836. The molecule has 1 saturated carbocycles. The average molecular weight is 254 g/mol. The molecule has 0 bridgehead atoms. The molecule has 1 unspecified atom stereocenters. The third-order valence-electron chi connectivity index (χ3n) is 3.17. The van der Waals surface area contributed by atoms with E-state index in [9.17, 15) is 9.90 Å². The zero-order valence-electron chi connectivity index (χ0n) is 11.3. The van der Waals surface area contributed by atoms with Crippen molar-refractivity contribution in [3.05, 3.63) is 0 Å². The van der Waals surface area contributed by atoms with Crippen molar-refractivity contribution < 1.29 is 14.6 Å². The first kappa shape index (κ1) is 14.8. The normalized spacial score (nSPS) is 19.9. The molecule has 1 atom stereocenters. The monoisotopic (exact) mass is 254 g/mol. The van der Waals surface area contributed by atoms with Gasteiger partial charge < -0.3 is 15.2 Å². The Morgan fingerprint density at radius 2 is 2.06 bits per heavy atom. The second-order valence-corrected chi connectivity index (χ2v) is 5.87. The highest BCUT2D eigenvalue weighted by Gasteiger charge is 2.42. The van der Waals surface area contributed by atoms with Crippen LogP contribution in [0, 0.1) is 11.3 Å². The van der Waals surface area contributed by atoms with Crippen LogP contribution in [0.15, 0.2) is 0 Å². The Morgan fingerprint density at radius 1 is 1.50 bits per heavy atom. The largest absolute Gasteiger partial charge is 0.444 e. The number of hydrogen-bond donors (Lipinski definition) is 2. The highest BCUT2D eigenvalue weighted by Crippen LogP contribution is 2.34. The number of ether oxygens (including phenoxy) is 1. The highest BCUT2D eigenvalue weighted by molar-refractivity contribution is 5.69. The van der Waals surface area contributed by atoms with Gasteiger partial charge in [0.25, 0.3) is 0 Å². The molecule has 0 aliphatic heterocycles. The summed E-state index contributed by atoms with van der Waals surface area (Å²) in [5.74, 6) is 0. The molecule has 1 aliphatic carbocycles. The second kappa shape index (κ2) is 5.57. The highest BCUT2D eigenvalue weighted by atomic mass is 16.6. The maximum atomic E-state index is 11.8. The van der Waals surface area contributed by atoms with Gasteiger partial charge in [0.1, 0.15) is 5.60 Å². The summed E-state index contributed by atoms with van der Waals surface area (Å²) in [6.45, 7) is 5.37. The molecule has 0 aromatic heterocycles. The van der Waals surface area contributed by atoms with Gasteiger partial charge in [-0.2, -0.15) is 5.26 Å². The van der Waals surface area contributed by atoms with Crippen molar-refractivity contribution in [3.63, 3.8) is 0 Å². The minimum absolute atomic E-state index is 0.0236. The van der Waals surface area contributed by atoms with Crippen LogP contribution in [0.1, 0.15) is 52.9 Å². The summed E-state index contributed by atoms with van der Waals surface area (Å²) in [4.78, 5) is 11.8. The topological polar surface area (TPSA) is 82.3 Å². The zero-order valence-corrected chi connectivity index (χ0v) is 11.3. The number of hydrogen-bond acceptors (Lipinski definition) is 4. The fraction of sp³-hybridized carbons (Fsp3) is 0.846. The number of carbonyl (C=O) groups excluding carboxylic acids is 1. The Bertz CT molecular complexity index is 335. The molecule has 0 heterocycles. The van der Waals surface area contributed by atoms with Crippen molar-refractivity contribution in [3.8, 4) is 6.07 Å². The van der Waals surface area contributed by atoms with Crippen LogP contribution in [-0.4, -0.2) is 28.4 Å². The van der Waals surface area contributed by atoms with E-state index in [-0.39, 0.29) is 6.42 Å². The Hall–Kier alpha value is -1.28. The van der Waals surface area contributed by atoms with E-state index < -0.39 is 23.3 Å². The molecule has 102 valence electrons. The SMILES string of the molecule is CC(C)(C)OC(=O)NC1(C(O)CC#N)CCCC1. The minimum Gasteiger partial charge on any atom is -0.444 e. The Labute approximate surface area is 108 Å². The van der Waals surface area contributed by atoms with Crippen molar-refractivity contribution in [1.82, 2.24) is 5.32 Å². The van der Waals surface area contributed by atoms with Crippen LogP contribution in [0.4, 0.5) is 4.79 Å². The molecule has 0 aromatic rings. The molecule has 0 aromatic carbocycles. The summed E-state index contributed by atoms with van der Waals surface area (Å²) in [5, 5.41) is 21.5. The van der Waals surface area contributed by atoms with Gasteiger partial charge in [-0.1, -0.05) is 12.8 Å². The summed E-state index contributed by atoms with van der Waals surface area (Å²) in [5.41, 5.74) is -1.26. The van der Waals surface area contributed by atoms with E-state index in [1.807, 2.05) is 6.07 Å². The third kappa shape index (κ3) is 3.88. The first-order valence-electron chi connectivity index (χ1n) is 6.35. The number of carbonyl (C=O) groups is 1. The standard InChI is InChI=1S/C13H22N2O3/c1-12(2,3)18-11(17)15-13(7-4-5-8-13)10(16)6-9-14/h10,16H,4-8H2,1-3H3,(H,15,17). The summed E-state index contributed by atoms with van der Waals surface area (Å²) in [6, 6.07) is 1.95. The van der Waals surface area contributed by atoms with Crippen molar-refractivity contribution in [2.45, 2.75) is 70.1 Å². The smallest absolute Gasteiger partial charge is 0.408 e. The van der Waals surface area contributed by atoms with Crippen molar-refractivity contribution in [2.75, 3.05) is 0 Å². The molecular formula is C13H22N2O3. The first-order chi connectivity index (χ1) is 8.29. The van der Waals surface area contributed by atoms with E-state index in [4.69, 9.17) is 10.00 Å². The van der Waals surface area contributed by atoms with Gasteiger partial charge in [-0.25, -0.2) is 4.79 Å². The Balaban J connectivity index is 2.69. The van der Waals surface area contributed by atoms with E-state index in [1.54, 1.807) is 20.8 Å². The number of alkyl carbamates (subject to hydrolysis) is 1. The molecule has 0 saturated heterocycles. The predicted octanol–water partition coefficient (Wildman–Crippen LogP) is 2.10. The zero-order chi connectivity index (χ0) is 13.8. The molecule has 1 aliphatic rings. The lowest BCUT2D eigenvalue weighted by Crippen LogP contribution is -2.55. The molecule has 1 rings (SSSR count). The molecule has 2 N–H and O–H groups in total. The van der Waals surface area contributed by atoms with Gasteiger partial charge >= 0.3 is 6.09 Å². The van der Waals surface area contributed by atoms with Crippen LogP contribution in [0.3, 0.4) is 0 Å². The summed E-state index contributed by atoms with van der Waals surface area (Å²) in [7, 11) is 0. The van der Waals surface area contributed by atoms with Gasteiger partial charge in [-0.05, 0) is 33.6 Å². The Morgan fingerprint density at radius 3 is 2.50 bits per heavy atom. The van der Waals surface area contributed by atoms with Crippen LogP contribution >= 0.6 is 0 Å². The molecule has 1 fully saturated rings. The van der Waals surface area contributed by atoms with Crippen LogP contribution < -0.4 is 5.32 Å². The van der Waals surface area contributed by atoms with E-state index in [1.165, 1.54) is 0 Å². The van der Waals surface area contributed by atoms with Crippen LogP contribution in [0.2, 0.25) is 0 Å². The summed E-state index contributed by atoms with van der Waals surface area (Å²) in [6.07, 6.45) is 1.93. The van der Waals surface area contributed by atoms with Crippen molar-refractivity contribution >= 4 is 6.09 Å². The van der Waals surface area contributed by atoms with E-state index >= 15 is 0 Å². The molecular weight excluding hydrogens is 232 g/mol. The van der Waals surface area contributed by atoms with Gasteiger partial charge in [-0.15, -0.1) is 0 Å². The van der Waals surface area contributed by atoms with E-state index in [0.717, 1.165) is 12.8 Å². The maximum absolute atomic E-state index is 11.8. The number of nitriles is 1. The molecule has 1 amide bonds. The van der Waals surface area contributed by atoms with Gasteiger partial charge in [0, 0.05) is 0 Å². The number of nitrogens with one attached hydrogen (secondary N) is 1. The third-order valence-corrected chi connectivity index (χ3v) is 3.17. The van der Waals surface area contributed by atoms with Gasteiger partial charge in [0.05, 0.1) is 24.1 Å². The fourth-order valence-electron chi connectivity index (χ4n) is 2.34. The fourth-order valence-corrected chi connectivity index (χ4v) is 2.34. The van der Waals surface area contributed by atoms with Crippen LogP contribution in [0.5, 0.6) is 0 Å². The number of aliphatic hydroxyl groups is 1. The molecule has 5 nitrogen and oxygen atoms in total. The van der Waals surface area contributed by atoms with Crippen LogP contribution in [-0.2, 0) is 4.74 Å². The average Bonchev–Trinajstić information content (AvgIpc) is 2.64. The van der Waals surface area contributed by atoms with Crippen molar-refractivity contribution in [2.24, 2.45) is 0 Å². The lowest BCUT2D eigenvalue weighted by Gasteiger charge is -2.34. The molecule has 18 heavy (non-hydrogen) atoms. The molecule has 0 radical (unpaired) electrons. The van der Waals surface area contributed by atoms with Gasteiger partial charge in [0.15, 0.2) is 0 Å².